The second-order valence-corrected chi connectivity index (χ2v) is 4.55. The van der Waals surface area contributed by atoms with Crippen molar-refractivity contribution < 1.29 is 14.3 Å². The fraction of sp³-hybridized carbons (Fsp3) is 0.333. The van der Waals surface area contributed by atoms with Gasteiger partial charge in [0.05, 0.1) is 0 Å². The predicted molar refractivity (Wildman–Crippen MR) is 70.9 cm³/mol. The fourth-order valence-electron chi connectivity index (χ4n) is 1.83. The van der Waals surface area contributed by atoms with Crippen LogP contribution in [0.1, 0.15) is 20.3 Å². The number of allylic oxidation sites excluding steroid dienone is 3. The van der Waals surface area contributed by atoms with Crippen LogP contribution in [0.15, 0.2) is 48.1 Å². The molecule has 1 heterocycles. The Morgan fingerprint density at radius 2 is 2.11 bits per heavy atom. The van der Waals surface area contributed by atoms with Gasteiger partial charge >= 0.3 is 5.97 Å². The molecule has 0 radical (unpaired) electrons. The number of carbonyl (C=O) groups excluding carboxylic acids is 2. The zero-order valence-corrected chi connectivity index (χ0v) is 10.8. The van der Waals surface area contributed by atoms with Crippen LogP contribution < -0.4 is 0 Å². The summed E-state index contributed by atoms with van der Waals surface area (Å²) in [5.74, 6) is -0.514. The SMILES string of the molecule is C=C(C)C=CC1C(=C)C(=O)OC1CC(C)=CC=O. The van der Waals surface area contributed by atoms with Crippen LogP contribution in [0.5, 0.6) is 0 Å². The molecule has 0 aromatic carbocycles. The highest BCUT2D eigenvalue weighted by atomic mass is 16.6. The topological polar surface area (TPSA) is 43.4 Å². The highest BCUT2D eigenvalue weighted by Gasteiger charge is 2.36. The molecular formula is C15H18O3. The minimum atomic E-state index is -0.365. The van der Waals surface area contributed by atoms with Crippen molar-refractivity contribution in [2.45, 2.75) is 26.4 Å². The molecule has 0 spiro atoms. The van der Waals surface area contributed by atoms with Crippen LogP contribution in [0, 0.1) is 5.92 Å². The van der Waals surface area contributed by atoms with Crippen LogP contribution in [0.25, 0.3) is 0 Å². The number of cyclic esters (lactones) is 1. The third-order valence-corrected chi connectivity index (χ3v) is 2.79. The molecule has 0 bridgehead atoms. The number of ether oxygens (including phenoxy) is 1. The molecule has 1 rings (SSSR count). The smallest absolute Gasteiger partial charge is 0.334 e. The summed E-state index contributed by atoms with van der Waals surface area (Å²) >= 11 is 0. The van der Waals surface area contributed by atoms with Gasteiger partial charge in [-0.15, -0.1) is 0 Å². The first-order valence-corrected chi connectivity index (χ1v) is 5.80. The predicted octanol–water partition coefficient (Wildman–Crippen LogP) is 2.75. The Morgan fingerprint density at radius 1 is 1.44 bits per heavy atom. The van der Waals surface area contributed by atoms with E-state index in [1.807, 2.05) is 26.0 Å². The summed E-state index contributed by atoms with van der Waals surface area (Å²) in [7, 11) is 0. The monoisotopic (exact) mass is 246 g/mol. The van der Waals surface area contributed by atoms with Gasteiger partial charge in [-0.3, -0.25) is 4.79 Å². The van der Waals surface area contributed by atoms with E-state index in [9.17, 15) is 9.59 Å². The van der Waals surface area contributed by atoms with Gasteiger partial charge in [-0.05, 0) is 19.9 Å². The van der Waals surface area contributed by atoms with Crippen molar-refractivity contribution in [3.8, 4) is 0 Å². The van der Waals surface area contributed by atoms with E-state index >= 15 is 0 Å². The van der Waals surface area contributed by atoms with E-state index in [1.54, 1.807) is 0 Å². The molecule has 3 nitrogen and oxygen atoms in total. The van der Waals surface area contributed by atoms with Crippen LogP contribution in [-0.2, 0) is 14.3 Å². The Kier molecular flexibility index (Phi) is 4.84. The molecule has 0 saturated carbocycles. The quantitative estimate of drug-likeness (QED) is 0.324. The standard InChI is InChI=1S/C15H18O3/c1-10(2)5-6-13-12(4)15(17)18-14(13)9-11(3)7-8-16/h5-8,13-14H,1,4,9H2,2-3H3. The maximum atomic E-state index is 11.5. The van der Waals surface area contributed by atoms with E-state index in [1.165, 1.54) is 6.08 Å². The van der Waals surface area contributed by atoms with Crippen molar-refractivity contribution in [2.75, 3.05) is 0 Å². The summed E-state index contributed by atoms with van der Waals surface area (Å²) in [5.41, 5.74) is 2.24. The van der Waals surface area contributed by atoms with Gasteiger partial charge in [0, 0.05) is 17.9 Å². The number of carbonyl (C=O) groups is 2. The zero-order valence-electron chi connectivity index (χ0n) is 10.8. The van der Waals surface area contributed by atoms with Gasteiger partial charge < -0.3 is 4.74 Å². The Bertz CT molecular complexity index is 441. The first-order valence-electron chi connectivity index (χ1n) is 5.80. The van der Waals surface area contributed by atoms with Crippen molar-refractivity contribution >= 4 is 12.3 Å². The molecule has 1 aliphatic heterocycles. The summed E-state index contributed by atoms with van der Waals surface area (Å²) in [6, 6.07) is 0. The molecule has 0 amide bonds. The number of hydrogen-bond donors (Lipinski definition) is 0. The average Bonchev–Trinajstić information content (AvgIpc) is 2.52. The highest BCUT2D eigenvalue weighted by Crippen LogP contribution is 2.31. The van der Waals surface area contributed by atoms with Gasteiger partial charge in [0.25, 0.3) is 0 Å². The molecule has 0 aliphatic carbocycles. The Morgan fingerprint density at radius 3 is 2.67 bits per heavy atom. The zero-order chi connectivity index (χ0) is 13.7. The second kappa shape index (κ2) is 6.15. The summed E-state index contributed by atoms with van der Waals surface area (Å²) in [5, 5.41) is 0. The first-order chi connectivity index (χ1) is 8.45. The first kappa shape index (κ1) is 14.2. The average molecular weight is 246 g/mol. The minimum absolute atomic E-state index is 0.149. The van der Waals surface area contributed by atoms with Crippen molar-refractivity contribution in [2.24, 2.45) is 5.92 Å². The molecular weight excluding hydrogens is 228 g/mol. The molecule has 2 atom stereocenters. The summed E-state index contributed by atoms with van der Waals surface area (Å²) in [6.07, 6.45) is 6.21. The molecule has 18 heavy (non-hydrogen) atoms. The summed E-state index contributed by atoms with van der Waals surface area (Å²) in [4.78, 5) is 21.9. The Balaban J connectivity index is 2.85. The van der Waals surface area contributed by atoms with Gasteiger partial charge in [0.2, 0.25) is 0 Å². The van der Waals surface area contributed by atoms with Crippen LogP contribution in [-0.4, -0.2) is 18.4 Å². The van der Waals surface area contributed by atoms with Gasteiger partial charge in [0.15, 0.2) is 0 Å². The highest BCUT2D eigenvalue weighted by molar-refractivity contribution is 5.91. The number of aldehydes is 1. The van der Waals surface area contributed by atoms with E-state index in [-0.39, 0.29) is 18.0 Å². The van der Waals surface area contributed by atoms with Crippen molar-refractivity contribution in [3.05, 3.63) is 48.1 Å². The number of hydrogen-bond acceptors (Lipinski definition) is 3. The lowest BCUT2D eigenvalue weighted by molar-refractivity contribution is -0.138. The van der Waals surface area contributed by atoms with E-state index in [2.05, 4.69) is 13.2 Å². The maximum absolute atomic E-state index is 11.5. The molecule has 1 fully saturated rings. The molecule has 1 aliphatic rings. The Labute approximate surface area is 108 Å². The molecule has 1 saturated heterocycles. The van der Waals surface area contributed by atoms with E-state index in [0.717, 1.165) is 17.4 Å². The third-order valence-electron chi connectivity index (χ3n) is 2.79. The maximum Gasteiger partial charge on any atom is 0.334 e. The normalized spacial score (nSPS) is 24.4. The lowest BCUT2D eigenvalue weighted by Crippen LogP contribution is -2.15. The van der Waals surface area contributed by atoms with Gasteiger partial charge in [-0.2, -0.15) is 0 Å². The molecule has 0 N–H and O–H groups in total. The van der Waals surface area contributed by atoms with Gasteiger partial charge in [-0.1, -0.05) is 36.5 Å². The van der Waals surface area contributed by atoms with Crippen molar-refractivity contribution in [1.29, 1.82) is 0 Å². The molecule has 96 valence electrons. The van der Waals surface area contributed by atoms with Gasteiger partial charge in [-0.25, -0.2) is 4.79 Å². The van der Waals surface area contributed by atoms with E-state index in [0.29, 0.717) is 12.0 Å². The Hall–Kier alpha value is -1.90. The molecule has 2 unspecified atom stereocenters. The number of esters is 1. The number of rotatable bonds is 5. The van der Waals surface area contributed by atoms with Crippen LogP contribution in [0.2, 0.25) is 0 Å². The van der Waals surface area contributed by atoms with E-state index < -0.39 is 0 Å². The second-order valence-electron chi connectivity index (χ2n) is 4.55. The van der Waals surface area contributed by atoms with Crippen molar-refractivity contribution in [1.82, 2.24) is 0 Å². The lowest BCUT2D eigenvalue weighted by Gasteiger charge is -2.14. The van der Waals surface area contributed by atoms with Crippen LogP contribution in [0.3, 0.4) is 0 Å². The molecule has 0 aromatic rings. The van der Waals surface area contributed by atoms with E-state index in [4.69, 9.17) is 4.74 Å². The van der Waals surface area contributed by atoms with Crippen molar-refractivity contribution in [3.63, 3.8) is 0 Å². The third kappa shape index (κ3) is 3.55. The fourth-order valence-corrected chi connectivity index (χ4v) is 1.83. The summed E-state index contributed by atoms with van der Waals surface area (Å²) in [6.45, 7) is 11.2. The minimum Gasteiger partial charge on any atom is -0.458 e. The molecule has 3 heteroatoms. The summed E-state index contributed by atoms with van der Waals surface area (Å²) < 4.78 is 5.26. The molecule has 0 aromatic heterocycles. The lowest BCUT2D eigenvalue weighted by atomic mass is 9.92. The largest absolute Gasteiger partial charge is 0.458 e. The van der Waals surface area contributed by atoms with Crippen LogP contribution in [0.4, 0.5) is 0 Å². The van der Waals surface area contributed by atoms with Crippen LogP contribution >= 0.6 is 0 Å². The van der Waals surface area contributed by atoms with Gasteiger partial charge in [0.1, 0.15) is 12.4 Å².